The highest BCUT2D eigenvalue weighted by Crippen LogP contribution is 2.14. The summed E-state index contributed by atoms with van der Waals surface area (Å²) in [4.78, 5) is 21.5. The van der Waals surface area contributed by atoms with Crippen LogP contribution in [-0.4, -0.2) is 23.8 Å². The number of methoxy groups -OCH3 is 1. The van der Waals surface area contributed by atoms with Gasteiger partial charge < -0.3 is 9.57 Å². The van der Waals surface area contributed by atoms with Crippen LogP contribution in [0.25, 0.3) is 0 Å². The van der Waals surface area contributed by atoms with Gasteiger partial charge in [0.15, 0.2) is 0 Å². The van der Waals surface area contributed by atoms with Crippen LogP contribution < -0.4 is 4.74 Å². The first-order valence-corrected chi connectivity index (χ1v) is 7.67. The van der Waals surface area contributed by atoms with Gasteiger partial charge in [-0.05, 0) is 36.4 Å². The molecule has 0 bridgehead atoms. The summed E-state index contributed by atoms with van der Waals surface area (Å²) in [5.74, 6) is 0.125. The first-order valence-electron chi connectivity index (χ1n) is 7.67. The zero-order chi connectivity index (χ0) is 17.5. The molecule has 0 spiro atoms. The summed E-state index contributed by atoms with van der Waals surface area (Å²) in [5, 5.41) is 4.08. The van der Waals surface area contributed by atoms with Gasteiger partial charge in [0, 0.05) is 23.5 Å². The molecule has 3 rings (SSSR count). The maximum absolute atomic E-state index is 12.2. The molecule has 0 fully saturated rings. The molecule has 0 N–H and O–H groups in total. The fourth-order valence-corrected chi connectivity index (χ4v) is 2.24. The van der Waals surface area contributed by atoms with E-state index in [1.165, 1.54) is 0 Å². The molecule has 5 heteroatoms. The van der Waals surface area contributed by atoms with Gasteiger partial charge in [-0.15, -0.1) is 0 Å². The maximum Gasteiger partial charge on any atom is 0.365 e. The van der Waals surface area contributed by atoms with E-state index in [1.807, 2.05) is 36.4 Å². The maximum atomic E-state index is 12.2. The molecule has 0 saturated heterocycles. The van der Waals surface area contributed by atoms with Gasteiger partial charge in [-0.2, -0.15) is 0 Å². The van der Waals surface area contributed by atoms with E-state index >= 15 is 0 Å². The van der Waals surface area contributed by atoms with Crippen molar-refractivity contribution in [1.29, 1.82) is 0 Å². The van der Waals surface area contributed by atoms with Crippen molar-refractivity contribution in [2.24, 2.45) is 5.16 Å². The van der Waals surface area contributed by atoms with Crippen LogP contribution in [0.15, 0.2) is 84.3 Å². The topological polar surface area (TPSA) is 60.8 Å². The quantitative estimate of drug-likeness (QED) is 0.406. The van der Waals surface area contributed by atoms with E-state index in [0.717, 1.165) is 11.1 Å². The van der Waals surface area contributed by atoms with Crippen LogP contribution in [0.1, 0.15) is 21.5 Å². The number of aromatic nitrogens is 1. The van der Waals surface area contributed by atoms with Crippen molar-refractivity contribution >= 4 is 11.7 Å². The normalized spacial score (nSPS) is 11.0. The molecular formula is C20H16N2O3. The average molecular weight is 332 g/mol. The lowest BCUT2D eigenvalue weighted by atomic mass is 10.0. The van der Waals surface area contributed by atoms with Crippen molar-refractivity contribution in [3.63, 3.8) is 0 Å². The minimum Gasteiger partial charge on any atom is -0.497 e. The van der Waals surface area contributed by atoms with Gasteiger partial charge in [0.25, 0.3) is 0 Å². The number of benzene rings is 2. The van der Waals surface area contributed by atoms with Gasteiger partial charge in [0.1, 0.15) is 11.5 Å². The number of carbonyl (C=O) groups excluding carboxylic acids is 1. The smallest absolute Gasteiger partial charge is 0.365 e. The van der Waals surface area contributed by atoms with Crippen LogP contribution in [0.4, 0.5) is 0 Å². The number of hydrogen-bond acceptors (Lipinski definition) is 5. The highest BCUT2D eigenvalue weighted by Gasteiger charge is 2.11. The minimum atomic E-state index is -0.542. The molecule has 0 amide bonds. The molecule has 124 valence electrons. The number of ether oxygens (including phenoxy) is 1. The number of rotatable bonds is 5. The van der Waals surface area contributed by atoms with Crippen LogP contribution in [-0.2, 0) is 4.84 Å². The lowest BCUT2D eigenvalue weighted by Crippen LogP contribution is -2.08. The summed E-state index contributed by atoms with van der Waals surface area (Å²) in [6.45, 7) is 0. The summed E-state index contributed by atoms with van der Waals surface area (Å²) in [5.41, 5.74) is 2.52. The van der Waals surface area contributed by atoms with Gasteiger partial charge in [-0.1, -0.05) is 35.5 Å². The number of pyridine rings is 1. The number of carbonyl (C=O) groups is 1. The Hall–Kier alpha value is -3.47. The molecule has 1 heterocycles. The molecule has 0 aliphatic heterocycles. The number of nitrogens with zero attached hydrogens (tertiary/aromatic N) is 2. The SMILES string of the molecule is COc1ccc(C(=O)ON=C(c2ccccc2)c2cccnc2)cc1. The Morgan fingerprint density at radius 2 is 1.60 bits per heavy atom. The standard InChI is InChI=1S/C20H16N2O3/c1-24-18-11-9-16(10-12-18)20(23)25-22-19(15-6-3-2-4-7-15)17-8-5-13-21-14-17/h2-14H,1H3. The summed E-state index contributed by atoms with van der Waals surface area (Å²) in [6, 6.07) is 19.8. The van der Waals surface area contributed by atoms with Crippen LogP contribution in [0.3, 0.4) is 0 Å². The second-order valence-corrected chi connectivity index (χ2v) is 5.15. The predicted molar refractivity (Wildman–Crippen MR) is 94.7 cm³/mol. The van der Waals surface area contributed by atoms with E-state index in [9.17, 15) is 4.79 Å². The van der Waals surface area contributed by atoms with Gasteiger partial charge in [0.05, 0.1) is 12.7 Å². The monoisotopic (exact) mass is 332 g/mol. The first-order chi connectivity index (χ1) is 12.3. The lowest BCUT2D eigenvalue weighted by molar-refractivity contribution is 0.0517. The molecule has 0 saturated carbocycles. The molecule has 0 atom stereocenters. The number of hydrogen-bond donors (Lipinski definition) is 0. The third-order valence-corrected chi connectivity index (χ3v) is 3.53. The van der Waals surface area contributed by atoms with Crippen molar-refractivity contribution in [3.05, 3.63) is 95.8 Å². The highest BCUT2D eigenvalue weighted by molar-refractivity contribution is 6.12. The first kappa shape index (κ1) is 16.4. The van der Waals surface area contributed by atoms with E-state index in [-0.39, 0.29) is 0 Å². The lowest BCUT2D eigenvalue weighted by Gasteiger charge is -2.06. The van der Waals surface area contributed by atoms with E-state index in [1.54, 1.807) is 49.8 Å². The summed E-state index contributed by atoms with van der Waals surface area (Å²) >= 11 is 0. The summed E-state index contributed by atoms with van der Waals surface area (Å²) in [6.07, 6.45) is 3.35. The van der Waals surface area contributed by atoms with Gasteiger partial charge in [-0.25, -0.2) is 4.79 Å². The molecule has 5 nitrogen and oxygen atoms in total. The molecule has 0 aliphatic carbocycles. The van der Waals surface area contributed by atoms with Gasteiger partial charge in [-0.3, -0.25) is 4.98 Å². The average Bonchev–Trinajstić information content (AvgIpc) is 2.70. The predicted octanol–water partition coefficient (Wildman–Crippen LogP) is 3.70. The molecule has 25 heavy (non-hydrogen) atoms. The van der Waals surface area contributed by atoms with Crippen LogP contribution in [0.2, 0.25) is 0 Å². The third kappa shape index (κ3) is 4.09. The van der Waals surface area contributed by atoms with Gasteiger partial charge in [0.2, 0.25) is 0 Å². The number of oxime groups is 1. The third-order valence-electron chi connectivity index (χ3n) is 3.53. The Labute approximate surface area is 145 Å². The van der Waals surface area contributed by atoms with Crippen molar-refractivity contribution in [2.75, 3.05) is 7.11 Å². The fourth-order valence-electron chi connectivity index (χ4n) is 2.24. The fraction of sp³-hybridized carbons (Fsp3) is 0.0500. The molecular weight excluding hydrogens is 316 g/mol. The van der Waals surface area contributed by atoms with Crippen molar-refractivity contribution in [2.45, 2.75) is 0 Å². The summed E-state index contributed by atoms with van der Waals surface area (Å²) in [7, 11) is 1.57. The zero-order valence-corrected chi connectivity index (χ0v) is 13.6. The molecule has 3 aromatic rings. The second kappa shape index (κ2) is 7.88. The van der Waals surface area contributed by atoms with E-state index in [0.29, 0.717) is 17.0 Å². The molecule has 0 aliphatic rings. The van der Waals surface area contributed by atoms with Crippen molar-refractivity contribution < 1.29 is 14.4 Å². The van der Waals surface area contributed by atoms with E-state index < -0.39 is 5.97 Å². The Morgan fingerprint density at radius 1 is 0.880 bits per heavy atom. The highest BCUT2D eigenvalue weighted by atomic mass is 16.7. The Bertz CT molecular complexity index is 819. The van der Waals surface area contributed by atoms with E-state index in [4.69, 9.17) is 9.57 Å². The van der Waals surface area contributed by atoms with Crippen LogP contribution in [0, 0.1) is 0 Å². The molecule has 0 unspecified atom stereocenters. The van der Waals surface area contributed by atoms with Crippen LogP contribution >= 0.6 is 0 Å². The molecule has 1 aromatic heterocycles. The van der Waals surface area contributed by atoms with Crippen molar-refractivity contribution in [1.82, 2.24) is 4.98 Å². The summed E-state index contributed by atoms with van der Waals surface area (Å²) < 4.78 is 5.08. The molecule has 2 aromatic carbocycles. The minimum absolute atomic E-state index is 0.392. The van der Waals surface area contributed by atoms with Gasteiger partial charge >= 0.3 is 5.97 Å². The zero-order valence-electron chi connectivity index (χ0n) is 13.6. The molecule has 0 radical (unpaired) electrons. The Morgan fingerprint density at radius 3 is 2.24 bits per heavy atom. The largest absolute Gasteiger partial charge is 0.497 e. The van der Waals surface area contributed by atoms with Crippen LogP contribution in [0.5, 0.6) is 5.75 Å². The Balaban J connectivity index is 1.87. The van der Waals surface area contributed by atoms with Crippen molar-refractivity contribution in [3.8, 4) is 5.75 Å². The second-order valence-electron chi connectivity index (χ2n) is 5.15. The Kier molecular flexibility index (Phi) is 5.16. The van der Waals surface area contributed by atoms with E-state index in [2.05, 4.69) is 10.1 Å².